The molecule has 1 aliphatic heterocycles. The zero-order chi connectivity index (χ0) is 31.1. The van der Waals surface area contributed by atoms with Crippen LogP contribution in [0, 0.1) is 11.8 Å². The van der Waals surface area contributed by atoms with E-state index in [0.29, 0.717) is 35.9 Å². The first-order chi connectivity index (χ1) is 19.9. The van der Waals surface area contributed by atoms with E-state index in [1.807, 2.05) is 32.2 Å². The number of ketones is 1. The van der Waals surface area contributed by atoms with Crippen molar-refractivity contribution in [3.8, 4) is 0 Å². The number of carbonyl (C=O) groups excluding carboxylic acids is 4. The van der Waals surface area contributed by atoms with Gasteiger partial charge in [-0.1, -0.05) is 77.3 Å². The van der Waals surface area contributed by atoms with Crippen molar-refractivity contribution < 1.29 is 19.2 Å². The predicted molar refractivity (Wildman–Crippen MR) is 177 cm³/mol. The molecule has 0 saturated heterocycles. The zero-order valence-electron chi connectivity index (χ0n) is 26.0. The Hall–Kier alpha value is -1.98. The standard InChI is InChI=1S/C31H48N4O4S3/c1-7-8-9-10-11-15-27(38)40-16-13-12-14-22(4)17-25(37)32-18-26-33-24(19-41-26)29-35-31(6,20-42-29)30(39)34-28(21(2)3)23(5)36/h12,14,19,21-22,28H,7-11,13,15-18,20H2,1-6H3,(H,32,37)(H,34,39)/b14-12+/t22-,28?,31+/m1/s1. The van der Waals surface area contributed by atoms with Gasteiger partial charge in [0, 0.05) is 29.7 Å². The van der Waals surface area contributed by atoms with Crippen molar-refractivity contribution in [2.45, 2.75) is 111 Å². The van der Waals surface area contributed by atoms with Gasteiger partial charge in [-0.05, 0) is 38.5 Å². The summed E-state index contributed by atoms with van der Waals surface area (Å²) in [6.45, 7) is 11.6. The normalized spacial score (nSPS) is 18.2. The Morgan fingerprint density at radius 2 is 1.88 bits per heavy atom. The van der Waals surface area contributed by atoms with Crippen LogP contribution in [-0.4, -0.2) is 55.8 Å². The number of rotatable bonds is 19. The second-order valence-electron chi connectivity index (χ2n) is 11.5. The maximum absolute atomic E-state index is 13.0. The largest absolute Gasteiger partial charge is 0.350 e. The lowest BCUT2D eigenvalue weighted by molar-refractivity contribution is -0.130. The van der Waals surface area contributed by atoms with Gasteiger partial charge >= 0.3 is 0 Å². The van der Waals surface area contributed by atoms with Crippen LogP contribution in [0.25, 0.3) is 0 Å². The van der Waals surface area contributed by atoms with Crippen molar-refractivity contribution in [2.75, 3.05) is 11.5 Å². The molecule has 2 rings (SSSR count). The molecular weight excluding hydrogens is 589 g/mol. The minimum Gasteiger partial charge on any atom is -0.350 e. The van der Waals surface area contributed by atoms with E-state index in [-0.39, 0.29) is 34.5 Å². The highest BCUT2D eigenvalue weighted by molar-refractivity contribution is 8.14. The first kappa shape index (κ1) is 36.2. The molecule has 0 aromatic carbocycles. The number of thioether (sulfide) groups is 2. The fraction of sp³-hybridized carbons (Fsp3) is 0.677. The maximum Gasteiger partial charge on any atom is 0.249 e. The molecule has 8 nitrogen and oxygen atoms in total. The molecule has 234 valence electrons. The van der Waals surface area contributed by atoms with Gasteiger partial charge < -0.3 is 10.6 Å². The van der Waals surface area contributed by atoms with Gasteiger partial charge in [-0.2, -0.15) is 0 Å². The Morgan fingerprint density at radius 1 is 1.14 bits per heavy atom. The van der Waals surface area contributed by atoms with Crippen molar-refractivity contribution in [3.05, 3.63) is 28.2 Å². The lowest BCUT2D eigenvalue weighted by Crippen LogP contribution is -2.51. The number of aliphatic imine (C=N–C) groups is 1. The third kappa shape index (κ3) is 12.7. The number of thiazole rings is 1. The SMILES string of the molecule is CCCCCCCC(=O)SCC/C=C/[C@@H](C)CC(=O)NCc1nc(C2=N[C@](C)(C(=O)NC(C(C)=O)C(C)C)CS2)cs1. The van der Waals surface area contributed by atoms with Gasteiger partial charge in [0.2, 0.25) is 11.8 Å². The average Bonchev–Trinajstić information content (AvgIpc) is 3.57. The number of unbranched alkanes of at least 4 members (excludes halogenated alkanes) is 4. The van der Waals surface area contributed by atoms with Gasteiger partial charge in [0.05, 0.1) is 12.6 Å². The Balaban J connectivity index is 1.72. The van der Waals surface area contributed by atoms with Crippen LogP contribution in [0.2, 0.25) is 0 Å². The molecule has 11 heteroatoms. The van der Waals surface area contributed by atoms with Gasteiger partial charge in [-0.15, -0.1) is 23.1 Å². The van der Waals surface area contributed by atoms with E-state index >= 15 is 0 Å². The summed E-state index contributed by atoms with van der Waals surface area (Å²) >= 11 is 4.33. The van der Waals surface area contributed by atoms with Crippen LogP contribution in [0.15, 0.2) is 22.5 Å². The van der Waals surface area contributed by atoms with Gasteiger partial charge in [0.25, 0.3) is 0 Å². The predicted octanol–water partition coefficient (Wildman–Crippen LogP) is 6.33. The monoisotopic (exact) mass is 636 g/mol. The van der Waals surface area contributed by atoms with E-state index in [0.717, 1.165) is 30.0 Å². The first-order valence-electron chi connectivity index (χ1n) is 15.0. The van der Waals surface area contributed by atoms with Crippen LogP contribution in [0.4, 0.5) is 0 Å². The summed E-state index contributed by atoms with van der Waals surface area (Å²) in [5, 5.41) is 9.44. The van der Waals surface area contributed by atoms with Crippen LogP contribution in [0.1, 0.15) is 104 Å². The zero-order valence-corrected chi connectivity index (χ0v) is 28.4. The van der Waals surface area contributed by atoms with Crippen molar-refractivity contribution in [2.24, 2.45) is 16.8 Å². The molecule has 2 amide bonds. The molecule has 2 N–H and O–H groups in total. The lowest BCUT2D eigenvalue weighted by Gasteiger charge is -2.25. The van der Waals surface area contributed by atoms with E-state index in [9.17, 15) is 19.2 Å². The van der Waals surface area contributed by atoms with Gasteiger partial charge in [0.1, 0.15) is 21.3 Å². The smallest absolute Gasteiger partial charge is 0.249 e. The van der Waals surface area contributed by atoms with E-state index in [1.54, 1.807) is 6.92 Å². The highest BCUT2D eigenvalue weighted by Gasteiger charge is 2.40. The average molecular weight is 637 g/mol. The molecule has 42 heavy (non-hydrogen) atoms. The third-order valence-corrected chi connectivity index (χ3v) is 10.0. The number of carbonyl (C=O) groups is 4. The van der Waals surface area contributed by atoms with Crippen LogP contribution >= 0.6 is 34.9 Å². The Labute approximate surface area is 264 Å². The van der Waals surface area contributed by atoms with Crippen molar-refractivity contribution >= 4 is 62.6 Å². The Kier molecular flexibility index (Phi) is 16.1. The van der Waals surface area contributed by atoms with Gasteiger partial charge in [-0.25, -0.2) is 4.98 Å². The van der Waals surface area contributed by atoms with Gasteiger partial charge in [0.15, 0.2) is 10.9 Å². The summed E-state index contributed by atoms with van der Waals surface area (Å²) in [4.78, 5) is 58.6. The number of amides is 2. The summed E-state index contributed by atoms with van der Waals surface area (Å²) in [7, 11) is 0. The third-order valence-electron chi connectivity index (χ3n) is 6.93. The highest BCUT2D eigenvalue weighted by atomic mass is 32.2. The molecule has 3 atom stereocenters. The van der Waals surface area contributed by atoms with Gasteiger partial charge in [-0.3, -0.25) is 24.2 Å². The number of nitrogens with zero attached hydrogens (tertiary/aromatic N) is 2. The number of aromatic nitrogens is 1. The molecular formula is C31H48N4O4S3. The molecule has 0 aliphatic carbocycles. The van der Waals surface area contributed by atoms with Crippen LogP contribution < -0.4 is 10.6 Å². The summed E-state index contributed by atoms with van der Waals surface area (Å²) in [6, 6.07) is -0.532. The fourth-order valence-corrected chi connectivity index (χ4v) is 7.09. The molecule has 0 radical (unpaired) electrons. The second kappa shape index (κ2) is 18.6. The fourth-order valence-electron chi connectivity index (χ4n) is 4.39. The van der Waals surface area contributed by atoms with E-state index < -0.39 is 11.6 Å². The Morgan fingerprint density at radius 3 is 2.57 bits per heavy atom. The minimum atomic E-state index is -0.966. The molecule has 1 unspecified atom stereocenters. The molecule has 1 aliphatic rings. The summed E-state index contributed by atoms with van der Waals surface area (Å²) in [5.41, 5.74) is -0.270. The summed E-state index contributed by atoms with van der Waals surface area (Å²) in [6.07, 6.45) is 11.8. The molecule has 1 aromatic rings. The highest BCUT2D eigenvalue weighted by Crippen LogP contribution is 2.32. The molecule has 1 aromatic heterocycles. The number of Topliss-reactive ketones (excluding diaryl/α,β-unsaturated/α-hetero) is 1. The second-order valence-corrected chi connectivity index (χ2v) is 14.5. The number of hydrogen-bond acceptors (Lipinski definition) is 9. The van der Waals surface area contributed by atoms with Crippen LogP contribution in [0.3, 0.4) is 0 Å². The Bertz CT molecular complexity index is 1120. The summed E-state index contributed by atoms with van der Waals surface area (Å²) in [5.74, 6) is 0.976. The lowest BCUT2D eigenvalue weighted by atomic mass is 9.98. The van der Waals surface area contributed by atoms with E-state index in [4.69, 9.17) is 0 Å². The molecule has 2 heterocycles. The number of hydrogen-bond donors (Lipinski definition) is 2. The molecule has 0 spiro atoms. The molecule has 0 fully saturated rings. The topological polar surface area (TPSA) is 118 Å². The van der Waals surface area contributed by atoms with Crippen LogP contribution in [0.5, 0.6) is 0 Å². The van der Waals surface area contributed by atoms with Crippen molar-refractivity contribution in [1.29, 1.82) is 0 Å². The maximum atomic E-state index is 13.0. The molecule has 0 saturated carbocycles. The van der Waals surface area contributed by atoms with Crippen LogP contribution in [-0.2, 0) is 25.7 Å². The van der Waals surface area contributed by atoms with E-state index in [1.165, 1.54) is 61.0 Å². The van der Waals surface area contributed by atoms with Crippen molar-refractivity contribution in [3.63, 3.8) is 0 Å². The quantitative estimate of drug-likeness (QED) is 0.135. The first-order valence-corrected chi connectivity index (χ1v) is 17.9. The molecule has 0 bridgehead atoms. The summed E-state index contributed by atoms with van der Waals surface area (Å²) < 4.78 is 0. The number of nitrogens with one attached hydrogen (secondary N) is 2. The van der Waals surface area contributed by atoms with Crippen molar-refractivity contribution in [1.82, 2.24) is 15.6 Å². The minimum absolute atomic E-state index is 0.00143. The van der Waals surface area contributed by atoms with E-state index in [2.05, 4.69) is 33.6 Å². The number of allylic oxidation sites excluding steroid dienone is 2.